The van der Waals surface area contributed by atoms with Gasteiger partial charge in [-0.25, -0.2) is 0 Å². The molecule has 114 valence electrons. The summed E-state index contributed by atoms with van der Waals surface area (Å²) in [6.07, 6.45) is 0.645. The molecule has 0 spiro atoms. The molecule has 1 aliphatic heterocycles. The van der Waals surface area contributed by atoms with Gasteiger partial charge in [-0.3, -0.25) is 9.59 Å². The average molecular weight is 292 g/mol. The SMILES string of the molecule is COc1ccc(CC(=O)N2CCNC(=O)CC2)cc1OC. The van der Waals surface area contributed by atoms with Crippen LogP contribution in [0.3, 0.4) is 0 Å². The van der Waals surface area contributed by atoms with Gasteiger partial charge in [0.15, 0.2) is 11.5 Å². The minimum atomic E-state index is -0.00332. The van der Waals surface area contributed by atoms with Crippen LogP contribution in [0.15, 0.2) is 18.2 Å². The number of carbonyl (C=O) groups is 2. The van der Waals surface area contributed by atoms with Crippen molar-refractivity contribution >= 4 is 11.8 Å². The molecule has 1 fully saturated rings. The maximum absolute atomic E-state index is 12.3. The first-order valence-electron chi connectivity index (χ1n) is 6.89. The Labute approximate surface area is 124 Å². The Hall–Kier alpha value is -2.24. The summed E-state index contributed by atoms with van der Waals surface area (Å²) in [6, 6.07) is 5.44. The van der Waals surface area contributed by atoms with Gasteiger partial charge in [-0.05, 0) is 17.7 Å². The molecular formula is C15H20N2O4. The number of amides is 2. The van der Waals surface area contributed by atoms with E-state index in [-0.39, 0.29) is 18.2 Å². The summed E-state index contributed by atoms with van der Waals surface area (Å²) in [6.45, 7) is 1.53. The smallest absolute Gasteiger partial charge is 0.227 e. The van der Waals surface area contributed by atoms with Crippen molar-refractivity contribution < 1.29 is 19.1 Å². The van der Waals surface area contributed by atoms with Crippen LogP contribution in [0.1, 0.15) is 12.0 Å². The first kappa shape index (κ1) is 15.2. The molecule has 6 heteroatoms. The van der Waals surface area contributed by atoms with Crippen molar-refractivity contribution in [1.82, 2.24) is 10.2 Å². The van der Waals surface area contributed by atoms with Gasteiger partial charge in [0, 0.05) is 26.1 Å². The molecule has 1 aromatic rings. The van der Waals surface area contributed by atoms with Crippen LogP contribution in [0.4, 0.5) is 0 Å². The van der Waals surface area contributed by atoms with E-state index in [1.165, 1.54) is 0 Å². The highest BCUT2D eigenvalue weighted by Gasteiger charge is 2.19. The third kappa shape index (κ3) is 3.87. The van der Waals surface area contributed by atoms with E-state index < -0.39 is 0 Å². The monoisotopic (exact) mass is 292 g/mol. The Morgan fingerprint density at radius 1 is 1.24 bits per heavy atom. The highest BCUT2D eigenvalue weighted by atomic mass is 16.5. The molecule has 0 aliphatic carbocycles. The zero-order chi connectivity index (χ0) is 15.2. The molecule has 1 N–H and O–H groups in total. The van der Waals surface area contributed by atoms with Gasteiger partial charge in [0.2, 0.25) is 11.8 Å². The van der Waals surface area contributed by atoms with Crippen LogP contribution in [0.25, 0.3) is 0 Å². The van der Waals surface area contributed by atoms with Crippen LogP contribution in [-0.2, 0) is 16.0 Å². The van der Waals surface area contributed by atoms with E-state index in [4.69, 9.17) is 9.47 Å². The Morgan fingerprint density at radius 3 is 2.71 bits per heavy atom. The summed E-state index contributed by atoms with van der Waals surface area (Å²) in [5.74, 6) is 1.25. The van der Waals surface area contributed by atoms with Gasteiger partial charge in [0.25, 0.3) is 0 Å². The van der Waals surface area contributed by atoms with E-state index in [2.05, 4.69) is 5.32 Å². The van der Waals surface area contributed by atoms with Gasteiger partial charge in [0.1, 0.15) is 0 Å². The van der Waals surface area contributed by atoms with E-state index in [0.717, 1.165) is 5.56 Å². The molecule has 1 saturated heterocycles. The van der Waals surface area contributed by atoms with Crippen molar-refractivity contribution in [2.45, 2.75) is 12.8 Å². The molecule has 0 radical (unpaired) electrons. The molecule has 0 bridgehead atoms. The lowest BCUT2D eigenvalue weighted by molar-refractivity contribution is -0.130. The van der Waals surface area contributed by atoms with Crippen LogP contribution in [0.5, 0.6) is 11.5 Å². The lowest BCUT2D eigenvalue weighted by Crippen LogP contribution is -2.35. The topological polar surface area (TPSA) is 67.9 Å². The summed E-state index contributed by atoms with van der Waals surface area (Å²) in [5, 5.41) is 2.76. The standard InChI is InChI=1S/C15H20N2O4/c1-20-12-4-3-11(9-13(12)21-2)10-15(19)17-7-5-14(18)16-6-8-17/h3-4,9H,5-8,10H2,1-2H3,(H,16,18). The largest absolute Gasteiger partial charge is 0.493 e. The molecule has 0 aromatic heterocycles. The van der Waals surface area contributed by atoms with E-state index in [1.807, 2.05) is 6.07 Å². The van der Waals surface area contributed by atoms with Crippen molar-refractivity contribution in [2.75, 3.05) is 33.9 Å². The number of hydrogen-bond donors (Lipinski definition) is 1. The van der Waals surface area contributed by atoms with E-state index in [1.54, 1.807) is 31.3 Å². The quantitative estimate of drug-likeness (QED) is 0.882. The number of ether oxygens (including phenoxy) is 2. The second-order valence-corrected chi connectivity index (χ2v) is 4.85. The van der Waals surface area contributed by atoms with E-state index >= 15 is 0 Å². The second-order valence-electron chi connectivity index (χ2n) is 4.85. The first-order chi connectivity index (χ1) is 10.1. The minimum absolute atomic E-state index is 0.00332. The van der Waals surface area contributed by atoms with Crippen LogP contribution in [-0.4, -0.2) is 50.6 Å². The van der Waals surface area contributed by atoms with Crippen LogP contribution >= 0.6 is 0 Å². The van der Waals surface area contributed by atoms with Crippen LogP contribution in [0.2, 0.25) is 0 Å². The van der Waals surface area contributed by atoms with Gasteiger partial charge < -0.3 is 19.7 Å². The molecule has 0 saturated carbocycles. The highest BCUT2D eigenvalue weighted by Crippen LogP contribution is 2.27. The third-order valence-corrected chi connectivity index (χ3v) is 3.47. The third-order valence-electron chi connectivity index (χ3n) is 3.47. The molecule has 1 heterocycles. The Morgan fingerprint density at radius 2 is 2.00 bits per heavy atom. The van der Waals surface area contributed by atoms with Crippen molar-refractivity contribution in [3.05, 3.63) is 23.8 Å². The fourth-order valence-corrected chi connectivity index (χ4v) is 2.29. The number of nitrogens with zero attached hydrogens (tertiary/aromatic N) is 1. The Kier molecular flexibility index (Phi) is 5.03. The van der Waals surface area contributed by atoms with Gasteiger partial charge >= 0.3 is 0 Å². The van der Waals surface area contributed by atoms with Crippen molar-refractivity contribution in [1.29, 1.82) is 0 Å². The number of hydrogen-bond acceptors (Lipinski definition) is 4. The molecule has 2 rings (SSSR count). The fourth-order valence-electron chi connectivity index (χ4n) is 2.29. The summed E-state index contributed by atoms with van der Waals surface area (Å²) in [4.78, 5) is 25.3. The van der Waals surface area contributed by atoms with Crippen molar-refractivity contribution in [3.8, 4) is 11.5 Å². The molecule has 1 aromatic carbocycles. The molecular weight excluding hydrogens is 272 g/mol. The van der Waals surface area contributed by atoms with Crippen molar-refractivity contribution in [3.63, 3.8) is 0 Å². The van der Waals surface area contributed by atoms with Gasteiger partial charge in [-0.1, -0.05) is 6.07 Å². The summed E-state index contributed by atoms with van der Waals surface area (Å²) in [5.41, 5.74) is 0.862. The fraction of sp³-hybridized carbons (Fsp3) is 0.467. The minimum Gasteiger partial charge on any atom is -0.493 e. The number of carbonyl (C=O) groups excluding carboxylic acids is 2. The van der Waals surface area contributed by atoms with Crippen LogP contribution < -0.4 is 14.8 Å². The zero-order valence-corrected chi connectivity index (χ0v) is 12.3. The lowest BCUT2D eigenvalue weighted by atomic mass is 10.1. The van der Waals surface area contributed by atoms with Gasteiger partial charge in [-0.15, -0.1) is 0 Å². The lowest BCUT2D eigenvalue weighted by Gasteiger charge is -2.19. The molecule has 6 nitrogen and oxygen atoms in total. The number of methoxy groups -OCH3 is 2. The average Bonchev–Trinajstić information content (AvgIpc) is 2.71. The van der Waals surface area contributed by atoms with E-state index in [9.17, 15) is 9.59 Å². The zero-order valence-electron chi connectivity index (χ0n) is 12.3. The second kappa shape index (κ2) is 6.97. The predicted octanol–water partition coefficient (Wildman–Crippen LogP) is 0.595. The first-order valence-corrected chi connectivity index (χ1v) is 6.89. The predicted molar refractivity (Wildman–Crippen MR) is 77.5 cm³/mol. The summed E-state index contributed by atoms with van der Waals surface area (Å²) in [7, 11) is 3.14. The Bertz CT molecular complexity index is 530. The summed E-state index contributed by atoms with van der Waals surface area (Å²) >= 11 is 0. The number of rotatable bonds is 4. The normalized spacial score (nSPS) is 15.1. The highest BCUT2D eigenvalue weighted by molar-refractivity contribution is 5.81. The van der Waals surface area contributed by atoms with Crippen molar-refractivity contribution in [2.24, 2.45) is 0 Å². The van der Waals surface area contributed by atoms with Gasteiger partial charge in [-0.2, -0.15) is 0 Å². The maximum atomic E-state index is 12.3. The summed E-state index contributed by atoms with van der Waals surface area (Å²) < 4.78 is 10.4. The molecule has 0 atom stereocenters. The molecule has 21 heavy (non-hydrogen) atoms. The molecule has 1 aliphatic rings. The number of benzene rings is 1. The van der Waals surface area contributed by atoms with Gasteiger partial charge in [0.05, 0.1) is 20.6 Å². The molecule has 0 unspecified atom stereocenters. The van der Waals surface area contributed by atoms with E-state index in [0.29, 0.717) is 37.6 Å². The number of nitrogens with one attached hydrogen (secondary N) is 1. The molecule has 2 amide bonds. The maximum Gasteiger partial charge on any atom is 0.227 e. The van der Waals surface area contributed by atoms with Crippen LogP contribution in [0, 0.1) is 0 Å². The Balaban J connectivity index is 2.03.